The van der Waals surface area contributed by atoms with Crippen molar-refractivity contribution < 1.29 is 14.3 Å². The number of benzene rings is 1. The molecule has 178 valence electrons. The van der Waals surface area contributed by atoms with Crippen LogP contribution in [0.4, 0.5) is 5.82 Å². The molecule has 0 aliphatic carbocycles. The number of aromatic nitrogens is 1. The van der Waals surface area contributed by atoms with Crippen molar-refractivity contribution in [1.82, 2.24) is 9.88 Å². The van der Waals surface area contributed by atoms with Crippen LogP contribution >= 0.6 is 11.6 Å². The quantitative estimate of drug-likeness (QED) is 0.569. The second kappa shape index (κ2) is 11.1. The predicted octanol–water partition coefficient (Wildman–Crippen LogP) is 4.98. The number of hydrogen-bond donors (Lipinski definition) is 0. The smallest absolute Gasteiger partial charge is 0.226 e. The molecule has 33 heavy (non-hydrogen) atoms. The molecule has 2 aliphatic rings. The van der Waals surface area contributed by atoms with Crippen molar-refractivity contribution in [3.63, 3.8) is 0 Å². The van der Waals surface area contributed by atoms with Gasteiger partial charge in [-0.25, -0.2) is 4.98 Å². The van der Waals surface area contributed by atoms with E-state index in [1.54, 1.807) is 20.4 Å². The minimum absolute atomic E-state index is 0.107. The van der Waals surface area contributed by atoms with Gasteiger partial charge in [0.25, 0.3) is 0 Å². The molecule has 6 nitrogen and oxygen atoms in total. The molecule has 1 aromatic heterocycles. The molecular weight excluding hydrogens is 438 g/mol. The van der Waals surface area contributed by atoms with Crippen molar-refractivity contribution in [3.8, 4) is 11.5 Å². The Kier molecular flexibility index (Phi) is 7.97. The van der Waals surface area contributed by atoms with Crippen LogP contribution in [0.1, 0.15) is 44.1 Å². The van der Waals surface area contributed by atoms with Gasteiger partial charge in [0.15, 0.2) is 11.5 Å². The second-order valence-electron chi connectivity index (χ2n) is 9.01. The maximum absolute atomic E-state index is 13.5. The van der Waals surface area contributed by atoms with Crippen molar-refractivity contribution in [2.75, 3.05) is 38.8 Å². The van der Waals surface area contributed by atoms with Gasteiger partial charge in [-0.15, -0.1) is 0 Å². The number of carbonyl (C=O) groups is 1. The van der Waals surface area contributed by atoms with Crippen molar-refractivity contribution in [1.29, 1.82) is 0 Å². The first-order valence-electron chi connectivity index (χ1n) is 12.0. The summed E-state index contributed by atoms with van der Waals surface area (Å²) in [4.78, 5) is 22.4. The molecule has 1 aromatic carbocycles. The molecule has 2 aliphatic heterocycles. The van der Waals surface area contributed by atoms with Crippen LogP contribution in [0.3, 0.4) is 0 Å². The number of halogens is 1. The van der Waals surface area contributed by atoms with Gasteiger partial charge >= 0.3 is 0 Å². The number of aryl methyl sites for hydroxylation is 1. The molecule has 0 saturated carbocycles. The Labute approximate surface area is 201 Å². The number of ether oxygens (including phenoxy) is 2. The Morgan fingerprint density at radius 3 is 2.52 bits per heavy atom. The van der Waals surface area contributed by atoms with Crippen molar-refractivity contribution in [2.45, 2.75) is 51.0 Å². The minimum Gasteiger partial charge on any atom is -0.493 e. The third-order valence-corrected chi connectivity index (χ3v) is 7.23. The average Bonchev–Trinajstić information content (AvgIpc) is 2.87. The molecule has 1 unspecified atom stereocenters. The Hall–Kier alpha value is -2.47. The molecular formula is C26H34ClN3O3. The zero-order chi connectivity index (χ0) is 23.2. The maximum atomic E-state index is 13.5. The molecule has 3 heterocycles. The topological polar surface area (TPSA) is 54.9 Å². The van der Waals surface area contributed by atoms with Gasteiger partial charge in [-0.3, -0.25) is 4.79 Å². The number of nitrogens with zero attached hydrogens (tertiary/aromatic N) is 3. The van der Waals surface area contributed by atoms with Crippen LogP contribution < -0.4 is 14.4 Å². The molecule has 2 aromatic rings. The van der Waals surface area contributed by atoms with E-state index in [0.29, 0.717) is 17.0 Å². The molecule has 1 atom stereocenters. The number of likely N-dealkylation sites (tertiary alicyclic amines) is 1. The molecule has 0 bridgehead atoms. The van der Waals surface area contributed by atoms with Crippen LogP contribution in [0, 0.1) is 5.92 Å². The van der Waals surface area contributed by atoms with E-state index in [2.05, 4.69) is 20.9 Å². The molecule has 0 radical (unpaired) electrons. The van der Waals surface area contributed by atoms with E-state index in [1.807, 2.05) is 24.3 Å². The van der Waals surface area contributed by atoms with Gasteiger partial charge < -0.3 is 19.3 Å². The zero-order valence-corrected chi connectivity index (χ0v) is 20.4. The van der Waals surface area contributed by atoms with Crippen LogP contribution in [-0.2, 0) is 11.2 Å². The van der Waals surface area contributed by atoms with Gasteiger partial charge in [0.1, 0.15) is 5.82 Å². The molecule has 0 N–H and O–H groups in total. The van der Waals surface area contributed by atoms with Crippen molar-refractivity contribution >= 4 is 23.3 Å². The number of rotatable bonds is 7. The Bertz CT molecular complexity index is 929. The van der Waals surface area contributed by atoms with E-state index in [1.165, 1.54) is 12.0 Å². The summed E-state index contributed by atoms with van der Waals surface area (Å²) in [6.07, 6.45) is 8.74. The fraction of sp³-hybridized carbons (Fsp3) is 0.538. The van der Waals surface area contributed by atoms with E-state index in [4.69, 9.17) is 21.1 Å². The van der Waals surface area contributed by atoms with Gasteiger partial charge in [0.2, 0.25) is 5.91 Å². The first-order chi connectivity index (χ1) is 16.1. The predicted molar refractivity (Wildman–Crippen MR) is 131 cm³/mol. The lowest BCUT2D eigenvalue weighted by Crippen LogP contribution is -2.49. The monoisotopic (exact) mass is 471 g/mol. The third-order valence-electron chi connectivity index (χ3n) is 7.00. The summed E-state index contributed by atoms with van der Waals surface area (Å²) in [6, 6.07) is 10.2. The summed E-state index contributed by atoms with van der Waals surface area (Å²) in [5.74, 6) is 2.89. The van der Waals surface area contributed by atoms with Gasteiger partial charge in [-0.1, -0.05) is 17.7 Å². The minimum atomic E-state index is 0.107. The highest BCUT2D eigenvalue weighted by atomic mass is 35.5. The largest absolute Gasteiger partial charge is 0.493 e. The maximum Gasteiger partial charge on any atom is 0.226 e. The lowest BCUT2D eigenvalue weighted by Gasteiger charge is -2.40. The van der Waals surface area contributed by atoms with Crippen LogP contribution in [0.25, 0.3) is 0 Å². The molecule has 2 saturated heterocycles. The molecule has 1 amide bonds. The Morgan fingerprint density at radius 1 is 1.03 bits per heavy atom. The van der Waals surface area contributed by atoms with Gasteiger partial charge in [0.05, 0.1) is 19.2 Å². The Balaban J connectivity index is 1.34. The average molecular weight is 472 g/mol. The number of anilines is 1. The summed E-state index contributed by atoms with van der Waals surface area (Å²) < 4.78 is 10.8. The van der Waals surface area contributed by atoms with E-state index in [9.17, 15) is 4.79 Å². The normalized spacial score (nSPS) is 19.4. The van der Waals surface area contributed by atoms with E-state index < -0.39 is 0 Å². The number of hydrogen-bond acceptors (Lipinski definition) is 5. The summed E-state index contributed by atoms with van der Waals surface area (Å²) in [6.45, 7) is 2.60. The summed E-state index contributed by atoms with van der Waals surface area (Å²) in [5, 5.41) is 0.646. The number of pyridine rings is 1. The van der Waals surface area contributed by atoms with Gasteiger partial charge in [-0.05, 0) is 74.8 Å². The highest BCUT2D eigenvalue weighted by molar-refractivity contribution is 6.30. The highest BCUT2D eigenvalue weighted by Gasteiger charge is 2.33. The number of piperidine rings is 2. The van der Waals surface area contributed by atoms with Gasteiger partial charge in [0, 0.05) is 37.8 Å². The number of carbonyl (C=O) groups excluding carboxylic acids is 1. The van der Waals surface area contributed by atoms with Crippen LogP contribution in [-0.4, -0.2) is 55.7 Å². The highest BCUT2D eigenvalue weighted by Crippen LogP contribution is 2.31. The van der Waals surface area contributed by atoms with Crippen LogP contribution in [0.15, 0.2) is 36.5 Å². The van der Waals surface area contributed by atoms with E-state index in [-0.39, 0.29) is 5.92 Å². The summed E-state index contributed by atoms with van der Waals surface area (Å²) >= 11 is 5.97. The fourth-order valence-electron chi connectivity index (χ4n) is 5.11. The first-order valence-corrected chi connectivity index (χ1v) is 12.3. The molecule has 0 spiro atoms. The second-order valence-corrected chi connectivity index (χ2v) is 9.44. The zero-order valence-electron chi connectivity index (χ0n) is 19.6. The van der Waals surface area contributed by atoms with E-state index in [0.717, 1.165) is 75.5 Å². The van der Waals surface area contributed by atoms with E-state index >= 15 is 0 Å². The van der Waals surface area contributed by atoms with Crippen molar-refractivity contribution in [2.24, 2.45) is 5.92 Å². The van der Waals surface area contributed by atoms with Crippen LogP contribution in [0.5, 0.6) is 11.5 Å². The Morgan fingerprint density at radius 2 is 1.82 bits per heavy atom. The molecule has 2 fully saturated rings. The molecule has 7 heteroatoms. The van der Waals surface area contributed by atoms with Crippen molar-refractivity contribution in [3.05, 3.63) is 47.1 Å². The fourth-order valence-corrected chi connectivity index (χ4v) is 5.22. The summed E-state index contributed by atoms with van der Waals surface area (Å²) in [7, 11) is 3.32. The third kappa shape index (κ3) is 5.72. The van der Waals surface area contributed by atoms with Crippen LogP contribution in [0.2, 0.25) is 5.02 Å². The number of amides is 1. The lowest BCUT2D eigenvalue weighted by molar-refractivity contribution is -0.140. The van der Waals surface area contributed by atoms with Gasteiger partial charge in [-0.2, -0.15) is 0 Å². The SMILES string of the molecule is COc1ccc(CCC2CCCCN2C(=O)C2CCN(c3ccc(Cl)cn3)CC2)cc1OC. The standard InChI is InChI=1S/C26H34ClN3O3/c1-32-23-10-7-19(17-24(23)33-2)6-9-22-5-3-4-14-30(22)26(31)20-12-15-29(16-13-20)25-11-8-21(27)18-28-25/h7-8,10-11,17-18,20,22H,3-6,9,12-16H2,1-2H3. The first kappa shape index (κ1) is 23.7. The number of methoxy groups -OCH3 is 2. The lowest BCUT2D eigenvalue weighted by atomic mass is 9.90. The molecule has 4 rings (SSSR count). The summed E-state index contributed by atoms with van der Waals surface area (Å²) in [5.41, 5.74) is 1.22.